The van der Waals surface area contributed by atoms with Crippen LogP contribution in [0.25, 0.3) is 0 Å². The van der Waals surface area contributed by atoms with Crippen molar-refractivity contribution in [1.29, 1.82) is 0 Å². The van der Waals surface area contributed by atoms with Crippen molar-refractivity contribution in [2.75, 3.05) is 20.0 Å². The quantitative estimate of drug-likeness (QED) is 0.488. The van der Waals surface area contributed by atoms with Crippen LogP contribution in [0.3, 0.4) is 0 Å². The first kappa shape index (κ1) is 14.7. The minimum atomic E-state index is -1.28. The summed E-state index contributed by atoms with van der Waals surface area (Å²) in [6.45, 7) is 7.12. The fraction of sp³-hybridized carbons (Fsp3) is 1.00. The number of hydrogen-bond donors (Lipinski definition) is 0. The first-order chi connectivity index (χ1) is 6.61. The summed E-state index contributed by atoms with van der Waals surface area (Å²) in [5, 5.41) is 0. The molecule has 0 aromatic carbocycles. The Balaban J connectivity index is 3.36. The molecule has 0 aliphatic carbocycles. The molecule has 1 unspecified atom stereocenters. The lowest BCUT2D eigenvalue weighted by atomic mass is 10.6. The van der Waals surface area contributed by atoms with Crippen LogP contribution in [0.1, 0.15) is 20.3 Å². The Morgan fingerprint density at radius 2 is 1.79 bits per heavy atom. The zero-order valence-corrected chi connectivity index (χ0v) is 13.2. The van der Waals surface area contributed by atoms with Gasteiger partial charge >= 0.3 is 9.28 Å². The van der Waals surface area contributed by atoms with Gasteiger partial charge in [-0.05, 0) is 23.8 Å². The van der Waals surface area contributed by atoms with E-state index in [1.54, 1.807) is 14.2 Å². The van der Waals surface area contributed by atoms with Gasteiger partial charge in [0, 0.05) is 14.2 Å². The fourth-order valence-corrected chi connectivity index (χ4v) is 6.40. The molecule has 14 heavy (non-hydrogen) atoms. The molecule has 0 aromatic heterocycles. The van der Waals surface area contributed by atoms with E-state index in [2.05, 4.69) is 31.6 Å². The fourth-order valence-electron chi connectivity index (χ4n) is 1.04. The van der Waals surface area contributed by atoms with E-state index in [0.717, 1.165) is 11.6 Å². The molecule has 2 nitrogen and oxygen atoms in total. The lowest BCUT2D eigenvalue weighted by Crippen LogP contribution is -2.19. The van der Waals surface area contributed by atoms with Gasteiger partial charge in [0.15, 0.2) is 0 Å². The van der Waals surface area contributed by atoms with Crippen LogP contribution in [-0.2, 0) is 8.85 Å². The third kappa shape index (κ3) is 7.06. The monoisotopic (exact) mass is 252 g/mol. The molecule has 0 aromatic rings. The van der Waals surface area contributed by atoms with Gasteiger partial charge in [-0.3, -0.25) is 0 Å². The van der Waals surface area contributed by atoms with Gasteiger partial charge in [0.05, 0.1) is 0 Å². The van der Waals surface area contributed by atoms with Crippen molar-refractivity contribution in [2.24, 2.45) is 0 Å². The molecule has 0 N–H and O–H groups in total. The zero-order valence-electron chi connectivity index (χ0n) is 10.1. The summed E-state index contributed by atoms with van der Waals surface area (Å²) >= 11 is 2.20. The SMILES string of the molecule is CO[SiH](CCCS[SiH](C)C(C)C)OC. The van der Waals surface area contributed by atoms with Crippen LogP contribution in [0.2, 0.25) is 18.1 Å². The molecule has 0 spiro atoms. The summed E-state index contributed by atoms with van der Waals surface area (Å²) in [6, 6.07) is 1.15. The van der Waals surface area contributed by atoms with Gasteiger partial charge in [0.2, 0.25) is 0 Å². The molecule has 0 aliphatic rings. The van der Waals surface area contributed by atoms with Gasteiger partial charge in [0.1, 0.15) is 7.95 Å². The molecule has 0 heterocycles. The largest absolute Gasteiger partial charge is 0.400 e. The van der Waals surface area contributed by atoms with Crippen molar-refractivity contribution in [2.45, 2.75) is 38.4 Å². The Bertz CT molecular complexity index is 128. The Hall–Kier alpha value is 0.704. The highest BCUT2D eigenvalue weighted by atomic mass is 32.4. The number of rotatable bonds is 8. The van der Waals surface area contributed by atoms with Gasteiger partial charge in [-0.15, -0.1) is 0 Å². The van der Waals surface area contributed by atoms with Crippen molar-refractivity contribution in [3.05, 3.63) is 0 Å². The minimum absolute atomic E-state index is 0.506. The van der Waals surface area contributed by atoms with Crippen LogP contribution in [0, 0.1) is 0 Å². The van der Waals surface area contributed by atoms with E-state index in [9.17, 15) is 0 Å². The lowest BCUT2D eigenvalue weighted by Gasteiger charge is -2.14. The van der Waals surface area contributed by atoms with Crippen molar-refractivity contribution >= 4 is 28.4 Å². The first-order valence-electron chi connectivity index (χ1n) is 5.29. The standard InChI is InChI=1S/C9H24O2SSi2/c1-9(2)13(5)12-7-6-8-14(10-3)11-4/h9,13-14H,6-8H2,1-5H3. The molecule has 0 amide bonds. The van der Waals surface area contributed by atoms with Crippen LogP contribution in [0.4, 0.5) is 0 Å². The van der Waals surface area contributed by atoms with Crippen LogP contribution >= 0.6 is 11.2 Å². The van der Waals surface area contributed by atoms with E-state index >= 15 is 0 Å². The lowest BCUT2D eigenvalue weighted by molar-refractivity contribution is 0.277. The van der Waals surface area contributed by atoms with Crippen molar-refractivity contribution < 1.29 is 8.85 Å². The second kappa shape index (κ2) is 8.97. The third-order valence-electron chi connectivity index (χ3n) is 2.43. The Kier molecular flexibility index (Phi) is 9.42. The third-order valence-corrected chi connectivity index (χ3v) is 11.2. The van der Waals surface area contributed by atoms with E-state index in [4.69, 9.17) is 8.85 Å². The highest BCUT2D eigenvalue weighted by molar-refractivity contribution is 8.25. The molecule has 0 aliphatic heterocycles. The second-order valence-corrected chi connectivity index (χ2v) is 13.0. The predicted octanol–water partition coefficient (Wildman–Crippen LogP) is 2.39. The molecule has 0 bridgehead atoms. The predicted molar refractivity (Wildman–Crippen MR) is 71.2 cm³/mol. The van der Waals surface area contributed by atoms with Crippen LogP contribution in [0.5, 0.6) is 0 Å². The summed E-state index contributed by atoms with van der Waals surface area (Å²) in [6.07, 6.45) is 1.26. The molecular formula is C9H24O2SSi2. The maximum absolute atomic E-state index is 5.27. The van der Waals surface area contributed by atoms with Crippen LogP contribution in [-0.4, -0.2) is 37.2 Å². The molecular weight excluding hydrogens is 228 g/mol. The first-order valence-corrected chi connectivity index (χ1v) is 11.3. The van der Waals surface area contributed by atoms with Crippen molar-refractivity contribution in [3.63, 3.8) is 0 Å². The Labute approximate surface area is 95.9 Å². The van der Waals surface area contributed by atoms with Crippen LogP contribution in [0.15, 0.2) is 0 Å². The summed E-state index contributed by atoms with van der Waals surface area (Å²) in [5.41, 5.74) is 0.915. The molecule has 0 radical (unpaired) electrons. The van der Waals surface area contributed by atoms with E-state index in [1.165, 1.54) is 12.2 Å². The van der Waals surface area contributed by atoms with E-state index in [1.807, 2.05) is 0 Å². The van der Waals surface area contributed by atoms with E-state index in [-0.39, 0.29) is 0 Å². The Morgan fingerprint density at radius 1 is 1.21 bits per heavy atom. The molecule has 0 rings (SSSR count). The van der Waals surface area contributed by atoms with Crippen molar-refractivity contribution in [3.8, 4) is 0 Å². The summed E-state index contributed by atoms with van der Waals surface area (Å²) in [4.78, 5) is 0. The zero-order chi connectivity index (χ0) is 11.0. The van der Waals surface area contributed by atoms with Gasteiger partial charge in [-0.2, -0.15) is 11.2 Å². The minimum Gasteiger partial charge on any atom is -0.400 e. The summed E-state index contributed by atoms with van der Waals surface area (Å²) in [7, 11) is 1.74. The smallest absolute Gasteiger partial charge is 0.320 e. The second-order valence-electron chi connectivity index (χ2n) is 3.86. The highest BCUT2D eigenvalue weighted by Crippen LogP contribution is 2.20. The summed E-state index contributed by atoms with van der Waals surface area (Å²) in [5.74, 6) is 1.29. The van der Waals surface area contributed by atoms with Gasteiger partial charge in [0.25, 0.3) is 0 Å². The maximum atomic E-state index is 5.27. The normalized spacial score (nSPS) is 13.9. The van der Waals surface area contributed by atoms with E-state index < -0.39 is 17.2 Å². The molecule has 1 atom stereocenters. The average molecular weight is 253 g/mol. The van der Waals surface area contributed by atoms with Gasteiger partial charge < -0.3 is 8.85 Å². The highest BCUT2D eigenvalue weighted by Gasteiger charge is 2.11. The van der Waals surface area contributed by atoms with E-state index in [0.29, 0.717) is 0 Å². The maximum Gasteiger partial charge on any atom is 0.320 e. The Morgan fingerprint density at radius 3 is 2.21 bits per heavy atom. The van der Waals surface area contributed by atoms with Gasteiger partial charge in [-0.25, -0.2) is 0 Å². The molecule has 0 saturated heterocycles. The molecule has 0 fully saturated rings. The van der Waals surface area contributed by atoms with Crippen LogP contribution < -0.4 is 0 Å². The molecule has 5 heteroatoms. The number of hydrogen-bond acceptors (Lipinski definition) is 3. The topological polar surface area (TPSA) is 18.5 Å². The molecule has 86 valence electrons. The van der Waals surface area contributed by atoms with Crippen molar-refractivity contribution in [1.82, 2.24) is 0 Å². The van der Waals surface area contributed by atoms with Gasteiger partial charge in [-0.1, -0.05) is 20.4 Å². The summed E-state index contributed by atoms with van der Waals surface area (Å²) < 4.78 is 10.5. The molecule has 0 saturated carbocycles. The average Bonchev–Trinajstić information content (AvgIpc) is 2.17.